The number of benzene rings is 12. The summed E-state index contributed by atoms with van der Waals surface area (Å²) in [5, 5.41) is 4.65. The smallest absolute Gasteiger partial charge is 0.228 e. The Morgan fingerprint density at radius 1 is 0.291 bits per heavy atom. The van der Waals surface area contributed by atoms with Crippen molar-refractivity contribution in [2.75, 3.05) is 9.80 Å². The number of rotatable bonds is 11. The fraction of sp³-hybridized carbons (Fsp3) is 0. The lowest BCUT2D eigenvalue weighted by molar-refractivity contribution is 0.620. The molecule has 3 heterocycles. The average Bonchev–Trinajstić information content (AvgIpc) is 4.26. The molecule has 79 heavy (non-hydrogen) atoms. The molecule has 0 spiro atoms. The van der Waals surface area contributed by atoms with Crippen molar-refractivity contribution >= 4 is 98.7 Å². The first-order valence-corrected chi connectivity index (χ1v) is 27.4. The Labute approximate surface area is 460 Å². The summed E-state index contributed by atoms with van der Waals surface area (Å²) in [4.78, 5) is 9.77. The molecule has 15 rings (SSSR count). The number of para-hydroxylation sites is 7. The third-order valence-electron chi connectivity index (χ3n) is 15.1. The number of nitrogens with zero attached hydrogens (tertiary/aromatic N) is 3. The van der Waals surface area contributed by atoms with Crippen LogP contribution in [0.5, 0.6) is 0 Å². The molecule has 5 nitrogen and oxygen atoms in total. The Morgan fingerprint density at radius 3 is 1.58 bits per heavy atom. The lowest BCUT2D eigenvalue weighted by atomic mass is 9.92. The van der Waals surface area contributed by atoms with Gasteiger partial charge in [0, 0.05) is 76.1 Å². The highest BCUT2D eigenvalue weighted by atomic mass is 32.1. The molecule has 372 valence electrons. The van der Waals surface area contributed by atoms with Crippen LogP contribution in [0.1, 0.15) is 0 Å². The van der Waals surface area contributed by atoms with Gasteiger partial charge in [-0.1, -0.05) is 182 Å². The first-order chi connectivity index (χ1) is 39.2. The van der Waals surface area contributed by atoms with Gasteiger partial charge in [-0.25, -0.2) is 4.98 Å². The van der Waals surface area contributed by atoms with Gasteiger partial charge in [-0.05, 0) is 137 Å². The number of aromatic nitrogens is 1. The minimum Gasteiger partial charge on any atom is -0.456 e. The van der Waals surface area contributed by atoms with Gasteiger partial charge in [0.15, 0.2) is 5.58 Å². The van der Waals surface area contributed by atoms with Crippen LogP contribution in [-0.4, -0.2) is 4.98 Å². The van der Waals surface area contributed by atoms with Gasteiger partial charge >= 0.3 is 0 Å². The largest absolute Gasteiger partial charge is 0.456 e. The molecule has 0 saturated heterocycles. The number of hydrogen-bond donors (Lipinski definition) is 0. The van der Waals surface area contributed by atoms with Crippen LogP contribution >= 0.6 is 11.3 Å². The quantitative estimate of drug-likeness (QED) is 0.129. The van der Waals surface area contributed by atoms with Crippen LogP contribution in [0.15, 0.2) is 294 Å². The molecule has 0 amide bonds. The van der Waals surface area contributed by atoms with Gasteiger partial charge in [-0.2, -0.15) is 0 Å². The Hall–Kier alpha value is -10.3. The maximum Gasteiger partial charge on any atom is 0.228 e. The van der Waals surface area contributed by atoms with Crippen molar-refractivity contribution in [1.29, 1.82) is 0 Å². The second kappa shape index (κ2) is 19.4. The van der Waals surface area contributed by atoms with E-state index in [0.717, 1.165) is 101 Å². The highest BCUT2D eigenvalue weighted by Crippen LogP contribution is 2.48. The van der Waals surface area contributed by atoms with Gasteiger partial charge in [0.1, 0.15) is 16.7 Å². The Kier molecular flexibility index (Phi) is 11.3. The molecule has 6 heteroatoms. The lowest BCUT2D eigenvalue weighted by Crippen LogP contribution is -2.11. The molecule has 0 N–H and O–H groups in total. The van der Waals surface area contributed by atoms with Gasteiger partial charge in [0.05, 0.1) is 5.69 Å². The predicted octanol–water partition coefficient (Wildman–Crippen LogP) is 21.4. The lowest BCUT2D eigenvalue weighted by Gasteiger charge is -2.28. The van der Waals surface area contributed by atoms with E-state index in [0.29, 0.717) is 5.89 Å². The number of anilines is 6. The summed E-state index contributed by atoms with van der Waals surface area (Å²) in [6, 6.07) is 101. The van der Waals surface area contributed by atoms with Crippen molar-refractivity contribution in [1.82, 2.24) is 4.98 Å². The fourth-order valence-corrected chi connectivity index (χ4v) is 12.6. The van der Waals surface area contributed by atoms with E-state index in [2.05, 4.69) is 259 Å². The Morgan fingerprint density at radius 2 is 0.835 bits per heavy atom. The molecule has 0 aliphatic rings. The summed E-state index contributed by atoms with van der Waals surface area (Å²) in [5.41, 5.74) is 19.6. The van der Waals surface area contributed by atoms with Crippen LogP contribution in [0.2, 0.25) is 0 Å². The molecule has 0 radical (unpaired) electrons. The molecule has 0 atom stereocenters. The van der Waals surface area contributed by atoms with Crippen LogP contribution in [-0.2, 0) is 0 Å². The highest BCUT2D eigenvalue weighted by molar-refractivity contribution is 7.26. The number of furan rings is 1. The molecule has 0 fully saturated rings. The van der Waals surface area contributed by atoms with Crippen LogP contribution in [0.4, 0.5) is 34.1 Å². The molecular weight excluding hydrogens is 983 g/mol. The molecular formula is C73H47N3O2S. The van der Waals surface area contributed by atoms with Gasteiger partial charge in [-0.15, -0.1) is 11.3 Å². The van der Waals surface area contributed by atoms with Crippen molar-refractivity contribution in [3.8, 4) is 56.0 Å². The van der Waals surface area contributed by atoms with Crippen LogP contribution in [0, 0.1) is 0 Å². The summed E-state index contributed by atoms with van der Waals surface area (Å²) in [5.74, 6) is 0.555. The predicted molar refractivity (Wildman–Crippen MR) is 331 cm³/mol. The van der Waals surface area contributed by atoms with E-state index in [-0.39, 0.29) is 0 Å². The summed E-state index contributed by atoms with van der Waals surface area (Å²) >= 11 is 1.86. The number of thiophene rings is 1. The van der Waals surface area contributed by atoms with Gasteiger partial charge in [0.25, 0.3) is 0 Å². The highest BCUT2D eigenvalue weighted by Gasteiger charge is 2.23. The van der Waals surface area contributed by atoms with Crippen molar-refractivity contribution in [3.05, 3.63) is 285 Å². The summed E-state index contributed by atoms with van der Waals surface area (Å²) in [6.07, 6.45) is 0. The molecule has 3 aromatic heterocycles. The fourth-order valence-electron chi connectivity index (χ4n) is 11.4. The topological polar surface area (TPSA) is 45.7 Å². The number of hydrogen-bond acceptors (Lipinski definition) is 6. The average molecular weight is 1030 g/mol. The summed E-state index contributed by atoms with van der Waals surface area (Å²) in [7, 11) is 0. The summed E-state index contributed by atoms with van der Waals surface area (Å²) < 4.78 is 15.4. The van der Waals surface area contributed by atoms with Gasteiger partial charge in [0.2, 0.25) is 5.89 Å². The minimum absolute atomic E-state index is 0.555. The molecule has 0 unspecified atom stereocenters. The van der Waals surface area contributed by atoms with Crippen molar-refractivity contribution in [2.45, 2.75) is 0 Å². The van der Waals surface area contributed by atoms with E-state index < -0.39 is 0 Å². The standard InChI is InChI=1S/C73H47N3O2S/c1-4-19-51(20-5-1)75(52-21-6-2-7-22-52)54-41-44-71-64(46-54)62-30-18-29-61(72(62)79-71)59-27-11-10-25-56(59)48-35-37-49(38-36-48)58-26-12-15-32-67(58)76(53-23-8-3-9-24-53)55-40-42-57(65(47-55)73-74-66-31-14-17-34-70(66)78-73)50-39-43-69-63(45-50)60-28-13-16-33-68(60)77-69/h1-47H. The number of oxazole rings is 1. The zero-order chi connectivity index (χ0) is 52.2. The number of fused-ring (bicyclic) bond motifs is 7. The van der Waals surface area contributed by atoms with Gasteiger partial charge < -0.3 is 18.6 Å². The van der Waals surface area contributed by atoms with E-state index in [1.165, 1.54) is 36.9 Å². The Bertz CT molecular complexity index is 4660. The van der Waals surface area contributed by atoms with E-state index in [1.54, 1.807) is 0 Å². The molecule has 0 aliphatic carbocycles. The van der Waals surface area contributed by atoms with Crippen molar-refractivity contribution in [3.63, 3.8) is 0 Å². The molecule has 0 saturated carbocycles. The van der Waals surface area contributed by atoms with Crippen LogP contribution in [0.3, 0.4) is 0 Å². The van der Waals surface area contributed by atoms with E-state index in [1.807, 2.05) is 47.7 Å². The Balaban J connectivity index is 0.812. The van der Waals surface area contributed by atoms with Gasteiger partial charge in [-0.3, -0.25) is 0 Å². The monoisotopic (exact) mass is 1030 g/mol. The zero-order valence-electron chi connectivity index (χ0n) is 42.7. The third kappa shape index (κ3) is 8.22. The minimum atomic E-state index is 0.555. The maximum atomic E-state index is 6.61. The molecule has 15 aromatic rings. The maximum absolute atomic E-state index is 6.61. The molecule has 0 aliphatic heterocycles. The normalized spacial score (nSPS) is 11.5. The second-order valence-electron chi connectivity index (χ2n) is 19.8. The van der Waals surface area contributed by atoms with Crippen LogP contribution < -0.4 is 9.80 Å². The van der Waals surface area contributed by atoms with E-state index in [4.69, 9.17) is 13.8 Å². The van der Waals surface area contributed by atoms with Crippen molar-refractivity contribution < 1.29 is 8.83 Å². The molecule has 12 aromatic carbocycles. The van der Waals surface area contributed by atoms with Crippen molar-refractivity contribution in [2.24, 2.45) is 0 Å². The SMILES string of the molecule is c1ccc(N(c2ccccc2)c2ccc3sc4c(-c5ccccc5-c5ccc(-c6ccccc6N(c6ccccc6)c6ccc(-c7ccc8oc9ccccc9c8c7)c(-c7nc8ccccc8o7)c6)cc5)cccc4c3c2)cc1. The van der Waals surface area contributed by atoms with E-state index in [9.17, 15) is 0 Å². The third-order valence-corrected chi connectivity index (χ3v) is 16.3. The van der Waals surface area contributed by atoms with E-state index >= 15 is 0 Å². The first-order valence-electron chi connectivity index (χ1n) is 26.6. The zero-order valence-corrected chi connectivity index (χ0v) is 43.5. The first kappa shape index (κ1) is 46.1. The molecule has 0 bridgehead atoms. The second-order valence-corrected chi connectivity index (χ2v) is 20.9. The summed E-state index contributed by atoms with van der Waals surface area (Å²) in [6.45, 7) is 0. The van der Waals surface area contributed by atoms with Crippen LogP contribution in [0.25, 0.3) is 109 Å².